The van der Waals surface area contributed by atoms with Crippen molar-refractivity contribution >= 4 is 67.6 Å². The summed E-state index contributed by atoms with van der Waals surface area (Å²) in [6.07, 6.45) is 2.32. The summed E-state index contributed by atoms with van der Waals surface area (Å²) in [6.45, 7) is 16.2. The minimum atomic E-state index is -0.648. The lowest BCUT2D eigenvalue weighted by Gasteiger charge is -2.63. The lowest BCUT2D eigenvalue weighted by molar-refractivity contribution is 0.0786. The summed E-state index contributed by atoms with van der Waals surface area (Å²) < 4.78 is 0. The van der Waals surface area contributed by atoms with Crippen LogP contribution in [0.5, 0.6) is 0 Å². The lowest BCUT2D eigenvalue weighted by Crippen LogP contribution is -2.71. The van der Waals surface area contributed by atoms with Gasteiger partial charge >= 0.3 is 0 Å². The molecule has 60 heavy (non-hydrogen) atoms. The number of aromatic nitrogens is 2. The number of hydrogen-bond acceptors (Lipinski definition) is 6. The molecule has 0 saturated carbocycles. The summed E-state index contributed by atoms with van der Waals surface area (Å²) in [5.41, 5.74) is 12.5. The third-order valence-electron chi connectivity index (χ3n) is 13.9. The van der Waals surface area contributed by atoms with Gasteiger partial charge in [-0.3, -0.25) is 0 Å². The molecule has 0 spiro atoms. The van der Waals surface area contributed by atoms with Crippen LogP contribution in [-0.4, -0.2) is 22.3 Å². The molecule has 11 rings (SSSR count). The summed E-state index contributed by atoms with van der Waals surface area (Å²) in [5, 5.41) is 2.44. The van der Waals surface area contributed by atoms with Crippen LogP contribution in [0.3, 0.4) is 0 Å². The van der Waals surface area contributed by atoms with Crippen LogP contribution in [-0.2, 0) is 5.41 Å². The molecule has 4 atom stereocenters. The molecule has 3 aliphatic heterocycles. The van der Waals surface area contributed by atoms with E-state index >= 15 is 0 Å². The van der Waals surface area contributed by atoms with E-state index in [-0.39, 0.29) is 12.3 Å². The van der Waals surface area contributed by atoms with Gasteiger partial charge in [-0.05, 0) is 110 Å². The lowest BCUT2D eigenvalue weighted by atomic mass is 9.53. The molecule has 0 bridgehead atoms. The number of para-hydroxylation sites is 4. The fourth-order valence-corrected chi connectivity index (χ4v) is 10.8. The van der Waals surface area contributed by atoms with Crippen LogP contribution in [0.1, 0.15) is 42.5 Å². The van der Waals surface area contributed by atoms with E-state index in [1.165, 1.54) is 50.1 Å². The SMILES string of the molecule is C=CCC1(C)c2cc(C)ccc2N2c3cc4ccccc4cc3N(c3ccc(C)cc3)C2C1(C)C1N(c2ccccc2)c2nc3ccccc3nc2N1c1ccccc1C. The van der Waals surface area contributed by atoms with Crippen LogP contribution in [0.15, 0.2) is 170 Å². The Hall–Kier alpha value is -6.92. The number of allylic oxidation sites excluding steroid dienone is 1. The molecule has 4 unspecified atom stereocenters. The molecule has 6 nitrogen and oxygen atoms in total. The number of rotatable bonds is 6. The normalized spacial score (nSPS) is 21.6. The van der Waals surface area contributed by atoms with Crippen LogP contribution in [0.25, 0.3) is 21.8 Å². The van der Waals surface area contributed by atoms with Gasteiger partial charge in [0.2, 0.25) is 0 Å². The summed E-state index contributed by atoms with van der Waals surface area (Å²) in [4.78, 5) is 21.5. The van der Waals surface area contributed by atoms with Gasteiger partial charge in [-0.1, -0.05) is 128 Å². The first-order valence-electron chi connectivity index (χ1n) is 21.1. The Morgan fingerprint density at radius 3 is 1.73 bits per heavy atom. The molecule has 0 fully saturated rings. The molecule has 8 aromatic rings. The van der Waals surface area contributed by atoms with E-state index in [0.29, 0.717) is 0 Å². The highest BCUT2D eigenvalue weighted by atomic mass is 15.5. The van der Waals surface area contributed by atoms with Crippen LogP contribution in [0.2, 0.25) is 0 Å². The van der Waals surface area contributed by atoms with Gasteiger partial charge < -0.3 is 19.6 Å². The van der Waals surface area contributed by atoms with E-state index in [1.54, 1.807) is 0 Å². The fourth-order valence-electron chi connectivity index (χ4n) is 10.8. The number of anilines is 8. The van der Waals surface area contributed by atoms with Gasteiger partial charge in [0.25, 0.3) is 0 Å². The quantitative estimate of drug-likeness (QED) is 0.157. The number of aryl methyl sites for hydroxylation is 3. The van der Waals surface area contributed by atoms with Gasteiger partial charge in [0, 0.05) is 28.2 Å². The second-order valence-corrected chi connectivity index (χ2v) is 17.4. The third-order valence-corrected chi connectivity index (χ3v) is 13.9. The van der Waals surface area contributed by atoms with E-state index in [2.05, 4.69) is 225 Å². The van der Waals surface area contributed by atoms with Crippen molar-refractivity contribution in [2.24, 2.45) is 5.41 Å². The van der Waals surface area contributed by atoms with Gasteiger partial charge in [0.15, 0.2) is 11.6 Å². The molecule has 0 aliphatic carbocycles. The predicted molar refractivity (Wildman–Crippen MR) is 250 cm³/mol. The fraction of sp³-hybridized carbons (Fsp3) is 0.185. The van der Waals surface area contributed by atoms with Gasteiger partial charge in [0.05, 0.1) is 27.8 Å². The van der Waals surface area contributed by atoms with Crippen molar-refractivity contribution in [3.8, 4) is 0 Å². The zero-order valence-electron chi connectivity index (χ0n) is 34.8. The number of hydrogen-bond donors (Lipinski definition) is 0. The molecule has 3 aliphatic rings. The van der Waals surface area contributed by atoms with Gasteiger partial charge in [-0.25, -0.2) is 9.97 Å². The zero-order chi connectivity index (χ0) is 40.9. The topological polar surface area (TPSA) is 38.7 Å². The van der Waals surface area contributed by atoms with Crippen molar-refractivity contribution in [1.29, 1.82) is 0 Å². The molecule has 0 amide bonds. The van der Waals surface area contributed by atoms with E-state index in [1.807, 2.05) is 0 Å². The van der Waals surface area contributed by atoms with E-state index in [9.17, 15) is 0 Å². The average molecular weight is 781 g/mol. The van der Waals surface area contributed by atoms with Crippen molar-refractivity contribution < 1.29 is 0 Å². The minimum absolute atomic E-state index is 0.223. The standard InChI is InChI=1S/C54H48N6/c1-7-31-53(5)42-32-36(3)27-30-46(42)59-48-34-39-19-13-12-18-38(39)33-47(48)57(41-28-25-35(2)26-29-41)51(59)54(53,6)52-58(40-20-9-8-10-21-40)49-50(56-44-23-15-14-22-43(44)55-49)60(52)45-24-16-11-17-37(45)4/h7-30,32-34,51-52H,1,31H2,2-6H3. The van der Waals surface area contributed by atoms with Crippen molar-refractivity contribution in [3.05, 3.63) is 193 Å². The van der Waals surface area contributed by atoms with Gasteiger partial charge in [0.1, 0.15) is 12.3 Å². The second-order valence-electron chi connectivity index (χ2n) is 17.4. The van der Waals surface area contributed by atoms with Crippen molar-refractivity contribution in [3.63, 3.8) is 0 Å². The maximum atomic E-state index is 5.58. The summed E-state index contributed by atoms with van der Waals surface area (Å²) in [7, 11) is 0. The first-order chi connectivity index (χ1) is 29.2. The second kappa shape index (κ2) is 13.3. The first kappa shape index (κ1) is 36.2. The maximum absolute atomic E-state index is 5.58. The van der Waals surface area contributed by atoms with Crippen molar-refractivity contribution in [2.75, 3.05) is 19.6 Å². The molecule has 0 saturated heterocycles. The largest absolute Gasteiger partial charge is 0.317 e. The minimum Gasteiger partial charge on any atom is -0.317 e. The summed E-state index contributed by atoms with van der Waals surface area (Å²) in [5.74, 6) is 1.70. The van der Waals surface area contributed by atoms with Crippen molar-refractivity contribution in [1.82, 2.24) is 9.97 Å². The van der Waals surface area contributed by atoms with Crippen LogP contribution < -0.4 is 19.6 Å². The Kier molecular flexibility index (Phi) is 8.02. The molecular weight excluding hydrogens is 733 g/mol. The smallest absolute Gasteiger partial charge is 0.179 e. The Labute approximate surface area is 352 Å². The van der Waals surface area contributed by atoms with E-state index in [4.69, 9.17) is 9.97 Å². The van der Waals surface area contributed by atoms with Crippen LogP contribution in [0, 0.1) is 26.2 Å². The summed E-state index contributed by atoms with van der Waals surface area (Å²) in [6, 6.07) is 57.7. The Balaban J connectivity index is 1.31. The van der Waals surface area contributed by atoms with E-state index in [0.717, 1.165) is 46.2 Å². The first-order valence-corrected chi connectivity index (χ1v) is 21.1. The zero-order valence-corrected chi connectivity index (χ0v) is 34.8. The molecule has 6 heteroatoms. The molecule has 0 radical (unpaired) electrons. The van der Waals surface area contributed by atoms with Crippen LogP contribution >= 0.6 is 0 Å². The highest BCUT2D eigenvalue weighted by molar-refractivity contribution is 6.01. The average Bonchev–Trinajstić information content (AvgIpc) is 3.78. The summed E-state index contributed by atoms with van der Waals surface area (Å²) >= 11 is 0. The maximum Gasteiger partial charge on any atom is 0.179 e. The highest BCUT2D eigenvalue weighted by Gasteiger charge is 2.68. The van der Waals surface area contributed by atoms with Crippen molar-refractivity contribution in [2.45, 2.75) is 58.8 Å². The van der Waals surface area contributed by atoms with Crippen LogP contribution in [0.4, 0.5) is 45.8 Å². The number of fused-ring (bicyclic) bond motifs is 8. The number of nitrogens with zero attached hydrogens (tertiary/aromatic N) is 6. The molecule has 7 aromatic carbocycles. The van der Waals surface area contributed by atoms with Gasteiger partial charge in [-0.2, -0.15) is 0 Å². The Morgan fingerprint density at radius 2 is 1.07 bits per heavy atom. The molecule has 1 aromatic heterocycles. The van der Waals surface area contributed by atoms with E-state index < -0.39 is 10.8 Å². The predicted octanol–water partition coefficient (Wildman–Crippen LogP) is 13.5. The molecular formula is C54H48N6. The molecule has 0 N–H and O–H groups in total. The molecule has 4 heterocycles. The Morgan fingerprint density at radius 1 is 0.517 bits per heavy atom. The van der Waals surface area contributed by atoms with Gasteiger partial charge in [-0.15, -0.1) is 6.58 Å². The highest BCUT2D eigenvalue weighted by Crippen LogP contribution is 2.68. The Bertz CT molecular complexity index is 3000. The molecule has 294 valence electrons. The third kappa shape index (κ3) is 5.00. The monoisotopic (exact) mass is 780 g/mol. The number of benzene rings is 7.